The first-order chi connectivity index (χ1) is 12.6. The molecular formula is C18H16BrN3O3S. The lowest BCUT2D eigenvalue weighted by atomic mass is 10.2. The second kappa shape index (κ2) is 8.77. The van der Waals surface area contributed by atoms with E-state index < -0.39 is 0 Å². The van der Waals surface area contributed by atoms with Crippen molar-refractivity contribution in [1.82, 2.24) is 10.3 Å². The molecule has 0 saturated carbocycles. The summed E-state index contributed by atoms with van der Waals surface area (Å²) in [6, 6.07) is 11.1. The van der Waals surface area contributed by atoms with Crippen molar-refractivity contribution >= 4 is 44.2 Å². The monoisotopic (exact) mass is 433 g/mol. The first kappa shape index (κ1) is 18.3. The van der Waals surface area contributed by atoms with E-state index in [9.17, 15) is 9.59 Å². The molecule has 0 aliphatic heterocycles. The lowest BCUT2D eigenvalue weighted by Crippen LogP contribution is -2.25. The molecule has 0 saturated heterocycles. The fourth-order valence-electron chi connectivity index (χ4n) is 2.24. The largest absolute Gasteiger partial charge is 0.459 e. The van der Waals surface area contributed by atoms with Crippen molar-refractivity contribution in [2.75, 3.05) is 11.9 Å². The number of nitrogens with one attached hydrogen (secondary N) is 2. The van der Waals surface area contributed by atoms with Gasteiger partial charge in [0.2, 0.25) is 5.91 Å². The Balaban J connectivity index is 1.43. The average molecular weight is 434 g/mol. The van der Waals surface area contributed by atoms with E-state index in [2.05, 4.69) is 31.5 Å². The number of hydrogen-bond donors (Lipinski definition) is 2. The minimum absolute atomic E-state index is 0.132. The van der Waals surface area contributed by atoms with Gasteiger partial charge in [-0.25, -0.2) is 4.98 Å². The van der Waals surface area contributed by atoms with Gasteiger partial charge < -0.3 is 15.1 Å². The maximum atomic E-state index is 12.0. The number of hydrogen-bond acceptors (Lipinski definition) is 5. The van der Waals surface area contributed by atoms with Gasteiger partial charge in [0.05, 0.1) is 12.0 Å². The smallest absolute Gasteiger partial charge is 0.286 e. The fourth-order valence-corrected chi connectivity index (χ4v) is 3.37. The van der Waals surface area contributed by atoms with E-state index in [1.54, 1.807) is 12.1 Å². The third-order valence-corrected chi connectivity index (χ3v) is 4.73. The Morgan fingerprint density at radius 2 is 2.12 bits per heavy atom. The van der Waals surface area contributed by atoms with Crippen molar-refractivity contribution in [2.45, 2.75) is 12.8 Å². The van der Waals surface area contributed by atoms with E-state index in [0.29, 0.717) is 24.5 Å². The third-order valence-electron chi connectivity index (χ3n) is 3.48. The Hall–Kier alpha value is -2.45. The highest BCUT2D eigenvalue weighted by molar-refractivity contribution is 9.10. The van der Waals surface area contributed by atoms with Crippen LogP contribution in [0.15, 0.2) is 56.9 Å². The van der Waals surface area contributed by atoms with Crippen LogP contribution >= 0.6 is 27.3 Å². The zero-order valence-corrected chi connectivity index (χ0v) is 16.1. The van der Waals surface area contributed by atoms with Gasteiger partial charge in [-0.15, -0.1) is 11.3 Å². The Morgan fingerprint density at radius 3 is 2.88 bits per heavy atom. The van der Waals surface area contributed by atoms with Crippen LogP contribution < -0.4 is 10.6 Å². The van der Waals surface area contributed by atoms with Gasteiger partial charge in [0.1, 0.15) is 0 Å². The van der Waals surface area contributed by atoms with Gasteiger partial charge in [-0.05, 0) is 30.7 Å². The van der Waals surface area contributed by atoms with E-state index in [4.69, 9.17) is 4.42 Å². The molecule has 0 atom stereocenters. The Morgan fingerprint density at radius 1 is 1.23 bits per heavy atom. The lowest BCUT2D eigenvalue weighted by molar-refractivity contribution is -0.116. The summed E-state index contributed by atoms with van der Waals surface area (Å²) in [4.78, 5) is 28.1. The molecule has 0 radical (unpaired) electrons. The number of thiazole rings is 1. The number of carbonyl (C=O) groups is 2. The zero-order chi connectivity index (χ0) is 18.4. The summed E-state index contributed by atoms with van der Waals surface area (Å²) in [6.07, 6.45) is 2.27. The maximum Gasteiger partial charge on any atom is 0.286 e. The summed E-state index contributed by atoms with van der Waals surface area (Å²) in [7, 11) is 0. The standard InChI is InChI=1S/C18H16BrN3O3S/c19-13-5-1-4-12(10-13)14-11-26-18(21-14)22-16(23)7-2-8-20-17(24)15-6-3-9-25-15/h1,3-6,9-11H,2,7-8H2,(H,20,24)(H,21,22,23). The van der Waals surface area contributed by atoms with Crippen LogP contribution in [0.1, 0.15) is 23.4 Å². The molecule has 0 aliphatic rings. The number of aromatic nitrogens is 1. The van der Waals surface area contributed by atoms with Gasteiger partial charge >= 0.3 is 0 Å². The van der Waals surface area contributed by atoms with Gasteiger partial charge in [0, 0.05) is 28.4 Å². The average Bonchev–Trinajstić information content (AvgIpc) is 3.30. The molecule has 6 nitrogen and oxygen atoms in total. The molecule has 2 heterocycles. The number of furan rings is 1. The summed E-state index contributed by atoms with van der Waals surface area (Å²) in [5.74, 6) is -0.154. The molecule has 8 heteroatoms. The van der Waals surface area contributed by atoms with Crippen LogP contribution in [0.4, 0.5) is 5.13 Å². The summed E-state index contributed by atoms with van der Waals surface area (Å²) in [6.45, 7) is 0.397. The molecular weight excluding hydrogens is 418 g/mol. The molecule has 2 aromatic heterocycles. The Bertz CT molecular complexity index is 893. The number of carbonyl (C=O) groups excluding carboxylic acids is 2. The van der Waals surface area contributed by atoms with Crippen LogP contribution in [-0.2, 0) is 4.79 Å². The summed E-state index contributed by atoms with van der Waals surface area (Å²) >= 11 is 4.81. The fraction of sp³-hybridized carbons (Fsp3) is 0.167. The van der Waals surface area contributed by atoms with E-state index in [-0.39, 0.29) is 17.6 Å². The molecule has 2 N–H and O–H groups in total. The highest BCUT2D eigenvalue weighted by atomic mass is 79.9. The van der Waals surface area contributed by atoms with Crippen LogP contribution in [0.25, 0.3) is 11.3 Å². The maximum absolute atomic E-state index is 12.0. The topological polar surface area (TPSA) is 84.2 Å². The van der Waals surface area contributed by atoms with Crippen LogP contribution in [0.3, 0.4) is 0 Å². The molecule has 3 aromatic rings. The SMILES string of the molecule is O=C(CCCNC(=O)c1ccco1)Nc1nc(-c2cccc(Br)c2)cs1. The first-order valence-corrected chi connectivity index (χ1v) is 9.62. The van der Waals surface area contributed by atoms with Crippen LogP contribution in [0, 0.1) is 0 Å². The van der Waals surface area contributed by atoms with Crippen molar-refractivity contribution in [3.8, 4) is 11.3 Å². The number of rotatable bonds is 7. The zero-order valence-electron chi connectivity index (χ0n) is 13.7. The molecule has 0 aliphatic carbocycles. The molecule has 0 fully saturated rings. The lowest BCUT2D eigenvalue weighted by Gasteiger charge is -2.03. The van der Waals surface area contributed by atoms with E-state index in [0.717, 1.165) is 15.7 Å². The quantitative estimate of drug-likeness (QED) is 0.543. The van der Waals surface area contributed by atoms with Crippen molar-refractivity contribution in [3.63, 3.8) is 0 Å². The van der Waals surface area contributed by atoms with Crippen molar-refractivity contribution < 1.29 is 14.0 Å². The molecule has 0 bridgehead atoms. The van der Waals surface area contributed by atoms with Gasteiger partial charge in [-0.3, -0.25) is 9.59 Å². The van der Waals surface area contributed by atoms with E-state index in [1.165, 1.54) is 17.6 Å². The number of benzene rings is 1. The molecule has 134 valence electrons. The van der Waals surface area contributed by atoms with Gasteiger partial charge in [-0.1, -0.05) is 28.1 Å². The normalized spacial score (nSPS) is 10.5. The van der Waals surface area contributed by atoms with Crippen LogP contribution in [0.2, 0.25) is 0 Å². The van der Waals surface area contributed by atoms with Crippen molar-refractivity contribution in [1.29, 1.82) is 0 Å². The van der Waals surface area contributed by atoms with Gasteiger partial charge in [-0.2, -0.15) is 0 Å². The number of amides is 2. The molecule has 1 aromatic carbocycles. The van der Waals surface area contributed by atoms with Gasteiger partial charge in [0.15, 0.2) is 10.9 Å². The predicted octanol–water partition coefficient (Wildman–Crippen LogP) is 4.31. The highest BCUT2D eigenvalue weighted by Crippen LogP contribution is 2.26. The van der Waals surface area contributed by atoms with Gasteiger partial charge in [0.25, 0.3) is 5.91 Å². The van der Waals surface area contributed by atoms with E-state index in [1.807, 2.05) is 29.6 Å². The second-order valence-corrected chi connectivity index (χ2v) is 7.21. The summed E-state index contributed by atoms with van der Waals surface area (Å²) < 4.78 is 5.97. The molecule has 3 rings (SSSR count). The summed E-state index contributed by atoms with van der Waals surface area (Å²) in [5, 5.41) is 7.96. The number of anilines is 1. The van der Waals surface area contributed by atoms with Crippen molar-refractivity contribution in [3.05, 3.63) is 58.3 Å². The second-order valence-electron chi connectivity index (χ2n) is 5.43. The number of nitrogens with zero attached hydrogens (tertiary/aromatic N) is 1. The van der Waals surface area contributed by atoms with Crippen LogP contribution in [0.5, 0.6) is 0 Å². The van der Waals surface area contributed by atoms with Crippen molar-refractivity contribution in [2.24, 2.45) is 0 Å². The highest BCUT2D eigenvalue weighted by Gasteiger charge is 2.10. The summed E-state index contributed by atoms with van der Waals surface area (Å²) in [5.41, 5.74) is 1.80. The Labute approximate surface area is 162 Å². The molecule has 26 heavy (non-hydrogen) atoms. The predicted molar refractivity (Wildman–Crippen MR) is 104 cm³/mol. The molecule has 0 spiro atoms. The number of halogens is 1. The van der Waals surface area contributed by atoms with Crippen LogP contribution in [-0.4, -0.2) is 23.3 Å². The minimum atomic E-state index is -0.283. The third kappa shape index (κ3) is 5.03. The molecule has 0 unspecified atom stereocenters. The molecule has 2 amide bonds. The minimum Gasteiger partial charge on any atom is -0.459 e. The van der Waals surface area contributed by atoms with E-state index >= 15 is 0 Å². The first-order valence-electron chi connectivity index (χ1n) is 7.95. The Kier molecular flexibility index (Phi) is 6.19.